The van der Waals surface area contributed by atoms with Crippen molar-refractivity contribution in [2.24, 2.45) is 0 Å². The van der Waals surface area contributed by atoms with Crippen LogP contribution in [0.3, 0.4) is 0 Å². The lowest BCUT2D eigenvalue weighted by molar-refractivity contribution is -0.121. The molecule has 5 rings (SSSR count). The lowest BCUT2D eigenvalue weighted by Crippen LogP contribution is -2.36. The molecule has 150 valence electrons. The zero-order chi connectivity index (χ0) is 20.7. The number of thiazole rings is 1. The lowest BCUT2D eigenvalue weighted by atomic mass is 10.2. The van der Waals surface area contributed by atoms with Gasteiger partial charge in [0.05, 0.1) is 22.7 Å². The number of halogens is 1. The van der Waals surface area contributed by atoms with Crippen LogP contribution >= 0.6 is 22.7 Å². The van der Waals surface area contributed by atoms with Gasteiger partial charge in [-0.1, -0.05) is 6.07 Å². The number of rotatable bonds is 6. The lowest BCUT2D eigenvalue weighted by Gasteiger charge is -2.06. The largest absolute Gasteiger partial charge is 0.424 e. The van der Waals surface area contributed by atoms with Gasteiger partial charge in [-0.05, 0) is 42.7 Å². The molecule has 1 N–H and O–H groups in total. The molecule has 1 saturated carbocycles. The molecular weight excluding hydrogens is 425 g/mol. The highest BCUT2D eigenvalue weighted by molar-refractivity contribution is 7.18. The Morgan fingerprint density at radius 1 is 1.23 bits per heavy atom. The Morgan fingerprint density at radius 3 is 2.80 bits per heavy atom. The van der Waals surface area contributed by atoms with Crippen LogP contribution in [0.25, 0.3) is 20.7 Å². The summed E-state index contributed by atoms with van der Waals surface area (Å²) in [4.78, 5) is 17.5. The minimum atomic E-state index is -0.714. The van der Waals surface area contributed by atoms with Crippen molar-refractivity contribution in [2.45, 2.75) is 31.2 Å². The van der Waals surface area contributed by atoms with E-state index in [1.54, 1.807) is 6.07 Å². The summed E-state index contributed by atoms with van der Waals surface area (Å²) >= 11 is 2.62. The fourth-order valence-corrected chi connectivity index (χ4v) is 4.79. The number of carbonyl (C=O) groups excluding carboxylic acids is 1. The van der Waals surface area contributed by atoms with Gasteiger partial charge in [0.1, 0.15) is 17.0 Å². The summed E-state index contributed by atoms with van der Waals surface area (Å²) in [5.41, 5.74) is 1.08. The summed E-state index contributed by atoms with van der Waals surface area (Å²) in [6, 6.07) is 11.2. The van der Waals surface area contributed by atoms with Crippen molar-refractivity contribution in [2.75, 3.05) is 0 Å². The maximum atomic E-state index is 13.3. The number of fused-ring (bicyclic) bond motifs is 1. The van der Waals surface area contributed by atoms with E-state index in [1.165, 1.54) is 17.4 Å². The normalized spacial score (nSPS) is 14.5. The first-order valence-corrected chi connectivity index (χ1v) is 10.8. The molecule has 3 heterocycles. The Hall–Kier alpha value is -3.16. The highest BCUT2D eigenvalue weighted by Gasteiger charge is 2.44. The Morgan fingerprint density at radius 2 is 2.07 bits per heavy atom. The Balaban J connectivity index is 1.28. The van der Waals surface area contributed by atoms with E-state index in [4.69, 9.17) is 9.68 Å². The Labute approximate surface area is 178 Å². The molecule has 0 spiro atoms. The van der Waals surface area contributed by atoms with Crippen LogP contribution in [0, 0.1) is 16.5 Å². The molecule has 4 aromatic rings. The zero-order valence-electron chi connectivity index (χ0n) is 15.5. The third-order valence-corrected chi connectivity index (χ3v) is 6.70. The van der Waals surface area contributed by atoms with Crippen LogP contribution in [-0.2, 0) is 17.6 Å². The number of aromatic nitrogens is 3. The van der Waals surface area contributed by atoms with Crippen molar-refractivity contribution >= 4 is 38.8 Å². The second kappa shape index (κ2) is 7.27. The number of amides is 1. The van der Waals surface area contributed by atoms with E-state index in [0.29, 0.717) is 25.2 Å². The number of nitrogens with one attached hydrogen (secondary N) is 1. The van der Waals surface area contributed by atoms with E-state index in [9.17, 15) is 9.18 Å². The molecule has 1 fully saturated rings. The summed E-state index contributed by atoms with van der Waals surface area (Å²) < 4.78 is 19.9. The van der Waals surface area contributed by atoms with Crippen molar-refractivity contribution in [3.05, 3.63) is 52.3 Å². The van der Waals surface area contributed by atoms with Crippen molar-refractivity contribution < 1.29 is 13.6 Å². The molecule has 0 radical (unpaired) electrons. The van der Waals surface area contributed by atoms with Gasteiger partial charge in [0.25, 0.3) is 0 Å². The SMILES string of the molecule is N#CC1(NC(=O)Cc2nnc(Cc3nc4ccc(-c5ccc(F)s5)cc4s3)o2)CC1. The minimum Gasteiger partial charge on any atom is -0.424 e. The predicted octanol–water partition coefficient (Wildman–Crippen LogP) is 3.85. The highest BCUT2D eigenvalue weighted by atomic mass is 32.1. The molecule has 1 aromatic carbocycles. The number of hydrogen-bond acceptors (Lipinski definition) is 8. The molecule has 1 aliphatic rings. The predicted molar refractivity (Wildman–Crippen MR) is 109 cm³/mol. The van der Waals surface area contributed by atoms with Gasteiger partial charge in [0.15, 0.2) is 5.13 Å². The molecule has 3 aromatic heterocycles. The van der Waals surface area contributed by atoms with Crippen molar-refractivity contribution in [3.8, 4) is 16.5 Å². The molecule has 0 unspecified atom stereocenters. The average molecular weight is 439 g/mol. The summed E-state index contributed by atoms with van der Waals surface area (Å²) in [6.07, 6.45) is 1.65. The summed E-state index contributed by atoms with van der Waals surface area (Å²) in [5, 5.41) is 20.3. The van der Waals surface area contributed by atoms with E-state index in [1.807, 2.05) is 18.2 Å². The molecule has 1 aliphatic carbocycles. The smallest absolute Gasteiger partial charge is 0.230 e. The monoisotopic (exact) mass is 439 g/mol. The quantitative estimate of drug-likeness (QED) is 0.489. The number of hydrogen-bond donors (Lipinski definition) is 1. The number of thiophene rings is 1. The van der Waals surface area contributed by atoms with Crippen molar-refractivity contribution in [3.63, 3.8) is 0 Å². The van der Waals surface area contributed by atoms with Gasteiger partial charge in [-0.2, -0.15) is 9.65 Å². The van der Waals surface area contributed by atoms with Crippen LogP contribution in [0.4, 0.5) is 4.39 Å². The fourth-order valence-electron chi connectivity index (χ4n) is 3.07. The molecule has 0 atom stereocenters. The molecule has 0 bridgehead atoms. The van der Waals surface area contributed by atoms with Gasteiger partial charge in [0, 0.05) is 4.88 Å². The molecule has 0 saturated heterocycles. The molecule has 7 nitrogen and oxygen atoms in total. The number of carbonyl (C=O) groups is 1. The van der Waals surface area contributed by atoms with Gasteiger partial charge in [-0.15, -0.1) is 32.9 Å². The van der Waals surface area contributed by atoms with Crippen LogP contribution in [0.1, 0.15) is 29.6 Å². The van der Waals surface area contributed by atoms with Crippen molar-refractivity contribution in [1.82, 2.24) is 20.5 Å². The molecule has 1 amide bonds. The van der Waals surface area contributed by atoms with Gasteiger partial charge < -0.3 is 9.73 Å². The molecule has 30 heavy (non-hydrogen) atoms. The number of benzene rings is 1. The van der Waals surface area contributed by atoms with Crippen LogP contribution in [0.5, 0.6) is 0 Å². The second-order valence-electron chi connectivity index (χ2n) is 7.08. The van der Waals surface area contributed by atoms with E-state index in [0.717, 1.165) is 37.0 Å². The van der Waals surface area contributed by atoms with Crippen LogP contribution in [0.2, 0.25) is 0 Å². The van der Waals surface area contributed by atoms with Crippen LogP contribution in [-0.4, -0.2) is 26.6 Å². The van der Waals surface area contributed by atoms with Gasteiger partial charge in [-0.3, -0.25) is 4.79 Å². The third kappa shape index (κ3) is 3.81. The Kier molecular flexibility index (Phi) is 4.56. The summed E-state index contributed by atoms with van der Waals surface area (Å²) in [7, 11) is 0. The van der Waals surface area contributed by atoms with Gasteiger partial charge in [0.2, 0.25) is 17.7 Å². The summed E-state index contributed by atoms with van der Waals surface area (Å²) in [6.45, 7) is 0. The molecular formula is C20H14FN5O2S2. The molecule has 10 heteroatoms. The fraction of sp³-hybridized carbons (Fsp3) is 0.250. The van der Waals surface area contributed by atoms with E-state index in [2.05, 4.69) is 26.6 Å². The maximum absolute atomic E-state index is 13.3. The number of nitriles is 1. The van der Waals surface area contributed by atoms with E-state index >= 15 is 0 Å². The topological polar surface area (TPSA) is 105 Å². The number of nitrogens with zero attached hydrogens (tertiary/aromatic N) is 4. The maximum Gasteiger partial charge on any atom is 0.230 e. The molecule has 0 aliphatic heterocycles. The minimum absolute atomic E-state index is 0.0585. The first-order chi connectivity index (χ1) is 14.5. The van der Waals surface area contributed by atoms with Crippen molar-refractivity contribution in [1.29, 1.82) is 5.26 Å². The first-order valence-electron chi connectivity index (χ1n) is 9.21. The zero-order valence-corrected chi connectivity index (χ0v) is 17.1. The highest BCUT2D eigenvalue weighted by Crippen LogP contribution is 2.34. The van der Waals surface area contributed by atoms with Gasteiger partial charge in [-0.25, -0.2) is 4.98 Å². The summed E-state index contributed by atoms with van der Waals surface area (Å²) in [5.74, 6) is 0.278. The standard InChI is InChI=1S/C20H14FN5O2S2/c21-15-4-3-13(29-15)11-1-2-12-14(7-11)30-19(23-12)9-18-26-25-17(28-18)8-16(27)24-20(10-22)5-6-20/h1-4,7H,5-6,8-9H2,(H,24,27). The first kappa shape index (κ1) is 18.8. The average Bonchev–Trinajstić information content (AvgIpc) is 3.05. The van der Waals surface area contributed by atoms with Crippen LogP contribution in [0.15, 0.2) is 34.7 Å². The van der Waals surface area contributed by atoms with Crippen LogP contribution < -0.4 is 5.32 Å². The third-order valence-electron chi connectivity index (χ3n) is 4.76. The Bertz CT molecular complexity index is 1300. The van der Waals surface area contributed by atoms with Gasteiger partial charge >= 0.3 is 0 Å². The second-order valence-corrected chi connectivity index (χ2v) is 9.23. The van der Waals surface area contributed by atoms with E-state index in [-0.39, 0.29) is 23.3 Å². The van der Waals surface area contributed by atoms with E-state index < -0.39 is 5.54 Å².